The normalized spacial score (nSPS) is 9.88. The van der Waals surface area contributed by atoms with Crippen molar-refractivity contribution in [3.8, 4) is 17.2 Å². The van der Waals surface area contributed by atoms with Crippen LogP contribution in [0.2, 0.25) is 0 Å². The van der Waals surface area contributed by atoms with Crippen molar-refractivity contribution in [2.45, 2.75) is 6.61 Å². The second kappa shape index (κ2) is 6.15. The fraction of sp³-hybridized carbons (Fsp3) is 0.385. The summed E-state index contributed by atoms with van der Waals surface area (Å²) < 4.78 is 21.1. The van der Waals surface area contributed by atoms with E-state index in [-0.39, 0.29) is 0 Å². The molecule has 1 aromatic carbocycles. The predicted molar refractivity (Wildman–Crippen MR) is 66.9 cm³/mol. The molecule has 0 aliphatic rings. The van der Waals surface area contributed by atoms with Gasteiger partial charge in [-0.05, 0) is 0 Å². The van der Waals surface area contributed by atoms with E-state index in [9.17, 15) is 0 Å². The molecule has 0 aromatic heterocycles. The number of methoxy groups -OCH3 is 4. The summed E-state index contributed by atoms with van der Waals surface area (Å²) in [5, 5.41) is 0. The van der Waals surface area contributed by atoms with Crippen LogP contribution in [0.5, 0.6) is 17.2 Å². The van der Waals surface area contributed by atoms with Crippen molar-refractivity contribution in [3.63, 3.8) is 0 Å². The lowest BCUT2D eigenvalue weighted by molar-refractivity contribution is 0.180. The van der Waals surface area contributed by atoms with Crippen LogP contribution in [0.15, 0.2) is 12.6 Å². The fourth-order valence-electron chi connectivity index (χ4n) is 1.74. The summed E-state index contributed by atoms with van der Waals surface area (Å²) in [6, 6.07) is 1.77. The molecule has 17 heavy (non-hydrogen) atoms. The average molecular weight is 238 g/mol. The lowest BCUT2D eigenvalue weighted by Crippen LogP contribution is -2.02. The third-order valence-electron chi connectivity index (χ3n) is 2.49. The first-order chi connectivity index (χ1) is 8.23. The Kier molecular flexibility index (Phi) is 4.84. The summed E-state index contributed by atoms with van der Waals surface area (Å²) in [6.07, 6.45) is 1.72. The van der Waals surface area contributed by atoms with Crippen LogP contribution in [0, 0.1) is 0 Å². The Balaban J connectivity index is 3.50. The molecule has 4 nitrogen and oxygen atoms in total. The SMILES string of the molecule is C=Cc1c(OC)cc(OC)c(OC)c1COC. The van der Waals surface area contributed by atoms with Gasteiger partial charge in [0.1, 0.15) is 5.75 Å². The van der Waals surface area contributed by atoms with Crippen LogP contribution in [0.3, 0.4) is 0 Å². The molecule has 0 amide bonds. The zero-order valence-corrected chi connectivity index (χ0v) is 10.7. The molecule has 0 spiro atoms. The first kappa shape index (κ1) is 13.4. The molecule has 1 aromatic rings. The van der Waals surface area contributed by atoms with Gasteiger partial charge < -0.3 is 18.9 Å². The number of rotatable bonds is 6. The summed E-state index contributed by atoms with van der Waals surface area (Å²) in [5.74, 6) is 1.94. The van der Waals surface area contributed by atoms with E-state index in [1.54, 1.807) is 40.6 Å². The Morgan fingerprint density at radius 2 is 1.71 bits per heavy atom. The quantitative estimate of drug-likeness (QED) is 0.763. The second-order valence-electron chi connectivity index (χ2n) is 3.34. The van der Waals surface area contributed by atoms with Gasteiger partial charge in [0.2, 0.25) is 0 Å². The van der Waals surface area contributed by atoms with Gasteiger partial charge in [0.05, 0.1) is 27.9 Å². The van der Waals surface area contributed by atoms with E-state index in [2.05, 4.69) is 6.58 Å². The molecule has 1 rings (SSSR count). The van der Waals surface area contributed by atoms with Crippen LogP contribution in [0.25, 0.3) is 6.08 Å². The molecule has 0 bridgehead atoms. The molecular weight excluding hydrogens is 220 g/mol. The highest BCUT2D eigenvalue weighted by Gasteiger charge is 2.18. The van der Waals surface area contributed by atoms with E-state index in [1.165, 1.54) is 0 Å². The van der Waals surface area contributed by atoms with Crippen molar-refractivity contribution in [2.75, 3.05) is 28.4 Å². The van der Waals surface area contributed by atoms with Crippen molar-refractivity contribution in [3.05, 3.63) is 23.8 Å². The third-order valence-corrected chi connectivity index (χ3v) is 2.49. The van der Waals surface area contributed by atoms with Gasteiger partial charge in [-0.15, -0.1) is 0 Å². The summed E-state index contributed by atoms with van der Waals surface area (Å²) in [5.41, 5.74) is 1.72. The van der Waals surface area contributed by atoms with Crippen LogP contribution >= 0.6 is 0 Å². The highest BCUT2D eigenvalue weighted by atomic mass is 16.5. The number of hydrogen-bond donors (Lipinski definition) is 0. The molecule has 0 aliphatic carbocycles. The molecule has 0 saturated carbocycles. The molecular formula is C13H18O4. The number of ether oxygens (including phenoxy) is 4. The highest BCUT2D eigenvalue weighted by molar-refractivity contribution is 5.67. The summed E-state index contributed by atoms with van der Waals surface area (Å²) in [4.78, 5) is 0. The first-order valence-corrected chi connectivity index (χ1v) is 5.16. The standard InChI is InChI=1S/C13H18O4/c1-6-9-10(8-14-2)13(17-5)12(16-4)7-11(9)15-3/h6-7H,1,8H2,2-5H3. The van der Waals surface area contributed by atoms with E-state index >= 15 is 0 Å². The van der Waals surface area contributed by atoms with Crippen molar-refractivity contribution in [1.82, 2.24) is 0 Å². The van der Waals surface area contributed by atoms with Gasteiger partial charge in [0, 0.05) is 24.3 Å². The molecule has 4 heteroatoms. The Bertz CT molecular complexity index is 399. The van der Waals surface area contributed by atoms with Crippen LogP contribution in [-0.2, 0) is 11.3 Å². The number of hydrogen-bond acceptors (Lipinski definition) is 4. The minimum atomic E-state index is 0.401. The Morgan fingerprint density at radius 1 is 1.06 bits per heavy atom. The average Bonchev–Trinajstić information content (AvgIpc) is 2.37. The van der Waals surface area contributed by atoms with Gasteiger partial charge in [-0.2, -0.15) is 0 Å². The van der Waals surface area contributed by atoms with Crippen LogP contribution in [0.4, 0.5) is 0 Å². The zero-order chi connectivity index (χ0) is 12.8. The van der Waals surface area contributed by atoms with Crippen molar-refractivity contribution in [1.29, 1.82) is 0 Å². The maximum atomic E-state index is 5.35. The molecule has 0 aliphatic heterocycles. The minimum absolute atomic E-state index is 0.401. The Labute approximate surface area is 102 Å². The predicted octanol–water partition coefficient (Wildman–Crippen LogP) is 2.50. The maximum absolute atomic E-state index is 5.35. The fourth-order valence-corrected chi connectivity index (χ4v) is 1.74. The van der Waals surface area contributed by atoms with Gasteiger partial charge >= 0.3 is 0 Å². The van der Waals surface area contributed by atoms with Gasteiger partial charge in [-0.1, -0.05) is 12.7 Å². The van der Waals surface area contributed by atoms with Crippen molar-refractivity contribution >= 4 is 6.08 Å². The van der Waals surface area contributed by atoms with E-state index in [0.717, 1.165) is 11.1 Å². The van der Waals surface area contributed by atoms with Crippen molar-refractivity contribution in [2.24, 2.45) is 0 Å². The van der Waals surface area contributed by atoms with E-state index in [0.29, 0.717) is 23.9 Å². The van der Waals surface area contributed by atoms with E-state index in [4.69, 9.17) is 18.9 Å². The highest BCUT2D eigenvalue weighted by Crippen LogP contribution is 2.40. The number of benzene rings is 1. The Hall–Kier alpha value is -1.68. The largest absolute Gasteiger partial charge is 0.496 e. The smallest absolute Gasteiger partial charge is 0.167 e. The molecule has 0 atom stereocenters. The van der Waals surface area contributed by atoms with E-state index < -0.39 is 0 Å². The van der Waals surface area contributed by atoms with Crippen molar-refractivity contribution < 1.29 is 18.9 Å². The van der Waals surface area contributed by atoms with E-state index in [1.807, 2.05) is 0 Å². The molecule has 0 unspecified atom stereocenters. The van der Waals surface area contributed by atoms with Gasteiger partial charge in [0.15, 0.2) is 11.5 Å². The first-order valence-electron chi connectivity index (χ1n) is 5.16. The molecule has 0 fully saturated rings. The molecule has 94 valence electrons. The van der Waals surface area contributed by atoms with Crippen LogP contribution < -0.4 is 14.2 Å². The van der Waals surface area contributed by atoms with Gasteiger partial charge in [-0.3, -0.25) is 0 Å². The lowest BCUT2D eigenvalue weighted by Gasteiger charge is -2.17. The topological polar surface area (TPSA) is 36.9 Å². The van der Waals surface area contributed by atoms with Crippen LogP contribution in [0.1, 0.15) is 11.1 Å². The summed E-state index contributed by atoms with van der Waals surface area (Å²) in [6.45, 7) is 4.18. The monoisotopic (exact) mass is 238 g/mol. The van der Waals surface area contributed by atoms with Crippen LogP contribution in [-0.4, -0.2) is 28.4 Å². The van der Waals surface area contributed by atoms with Gasteiger partial charge in [-0.25, -0.2) is 0 Å². The molecule has 0 saturated heterocycles. The zero-order valence-electron chi connectivity index (χ0n) is 10.7. The maximum Gasteiger partial charge on any atom is 0.167 e. The summed E-state index contributed by atoms with van der Waals surface area (Å²) in [7, 11) is 6.40. The van der Waals surface area contributed by atoms with Gasteiger partial charge in [0.25, 0.3) is 0 Å². The Morgan fingerprint density at radius 3 is 2.12 bits per heavy atom. The third kappa shape index (κ3) is 2.53. The molecule has 0 heterocycles. The molecule has 0 radical (unpaired) electrons. The minimum Gasteiger partial charge on any atom is -0.496 e. The summed E-state index contributed by atoms with van der Waals surface area (Å²) >= 11 is 0. The lowest BCUT2D eigenvalue weighted by atomic mass is 10.0. The second-order valence-corrected chi connectivity index (χ2v) is 3.34. The molecule has 0 N–H and O–H groups in total.